The van der Waals surface area contributed by atoms with Crippen LogP contribution < -0.4 is 5.73 Å². The first-order valence-corrected chi connectivity index (χ1v) is 6.03. The van der Waals surface area contributed by atoms with Crippen LogP contribution in [-0.4, -0.2) is 27.6 Å². The van der Waals surface area contributed by atoms with Crippen molar-refractivity contribution in [2.24, 2.45) is 0 Å². The normalized spacial score (nSPS) is 10.5. The van der Waals surface area contributed by atoms with Crippen LogP contribution in [0.15, 0.2) is 18.3 Å². The van der Waals surface area contributed by atoms with E-state index in [4.69, 9.17) is 17.3 Å². The number of esters is 1. The third-order valence-corrected chi connectivity index (χ3v) is 2.84. The number of imidazole rings is 1. The number of nitrogens with two attached hydrogens (primary N) is 1. The maximum Gasteiger partial charge on any atom is 0.360 e. The van der Waals surface area contributed by atoms with E-state index in [1.54, 1.807) is 16.7 Å². The van der Waals surface area contributed by atoms with Gasteiger partial charge in [-0.2, -0.15) is 0 Å². The standard InChI is InChI=1S/C12H13ClN4O2/c1-3-8-16-10(12(18)19-2)11(14)17(8)9-5-4-7(13)6-15-9/h4-6H,3,14H2,1-2H3. The van der Waals surface area contributed by atoms with Crippen LogP contribution in [-0.2, 0) is 11.2 Å². The second-order valence-electron chi connectivity index (χ2n) is 3.78. The Labute approximate surface area is 115 Å². The van der Waals surface area contributed by atoms with Gasteiger partial charge in [0.2, 0.25) is 0 Å². The maximum absolute atomic E-state index is 11.6. The summed E-state index contributed by atoms with van der Waals surface area (Å²) in [6, 6.07) is 3.40. The number of halogens is 1. The minimum Gasteiger partial charge on any atom is -0.464 e. The lowest BCUT2D eigenvalue weighted by Gasteiger charge is -2.07. The van der Waals surface area contributed by atoms with Gasteiger partial charge >= 0.3 is 5.97 Å². The van der Waals surface area contributed by atoms with Crippen LogP contribution in [0.2, 0.25) is 5.02 Å². The molecule has 0 aliphatic rings. The monoisotopic (exact) mass is 280 g/mol. The van der Waals surface area contributed by atoms with Gasteiger partial charge in [0, 0.05) is 12.6 Å². The van der Waals surface area contributed by atoms with Crippen LogP contribution in [0.4, 0.5) is 5.82 Å². The third-order valence-electron chi connectivity index (χ3n) is 2.62. The maximum atomic E-state index is 11.6. The molecular formula is C12H13ClN4O2. The van der Waals surface area contributed by atoms with Crippen molar-refractivity contribution < 1.29 is 9.53 Å². The van der Waals surface area contributed by atoms with E-state index < -0.39 is 5.97 Å². The highest BCUT2D eigenvalue weighted by Gasteiger charge is 2.21. The summed E-state index contributed by atoms with van der Waals surface area (Å²) < 4.78 is 6.26. The molecule has 2 N–H and O–H groups in total. The second-order valence-corrected chi connectivity index (χ2v) is 4.21. The Morgan fingerprint density at radius 3 is 2.79 bits per heavy atom. The zero-order valence-corrected chi connectivity index (χ0v) is 11.3. The van der Waals surface area contributed by atoms with Gasteiger partial charge in [0.1, 0.15) is 17.5 Å². The fourth-order valence-electron chi connectivity index (χ4n) is 1.72. The lowest BCUT2D eigenvalue weighted by molar-refractivity contribution is 0.0596. The number of methoxy groups -OCH3 is 1. The highest BCUT2D eigenvalue weighted by Crippen LogP contribution is 2.21. The molecule has 0 fully saturated rings. The van der Waals surface area contributed by atoms with Crippen molar-refractivity contribution in [1.82, 2.24) is 14.5 Å². The molecule has 0 spiro atoms. The quantitative estimate of drug-likeness (QED) is 0.868. The van der Waals surface area contributed by atoms with E-state index in [0.29, 0.717) is 23.1 Å². The van der Waals surface area contributed by atoms with Gasteiger partial charge < -0.3 is 10.5 Å². The fourth-order valence-corrected chi connectivity index (χ4v) is 1.83. The number of hydrogen-bond acceptors (Lipinski definition) is 5. The SMILES string of the molecule is CCc1nc(C(=O)OC)c(N)n1-c1ccc(Cl)cn1. The van der Waals surface area contributed by atoms with E-state index in [1.165, 1.54) is 13.3 Å². The first-order valence-electron chi connectivity index (χ1n) is 5.65. The highest BCUT2D eigenvalue weighted by molar-refractivity contribution is 6.30. The smallest absolute Gasteiger partial charge is 0.360 e. The summed E-state index contributed by atoms with van der Waals surface area (Å²) in [7, 11) is 1.28. The summed E-state index contributed by atoms with van der Waals surface area (Å²) in [5.74, 6) is 0.826. The van der Waals surface area contributed by atoms with E-state index in [0.717, 1.165) is 0 Å². The summed E-state index contributed by atoms with van der Waals surface area (Å²) in [5.41, 5.74) is 6.05. The van der Waals surface area contributed by atoms with Crippen molar-refractivity contribution in [2.75, 3.05) is 12.8 Å². The van der Waals surface area contributed by atoms with Crippen LogP contribution in [0.1, 0.15) is 23.2 Å². The van der Waals surface area contributed by atoms with Gasteiger partial charge in [-0.25, -0.2) is 14.8 Å². The van der Waals surface area contributed by atoms with Gasteiger partial charge in [0.05, 0.1) is 12.1 Å². The molecule has 0 unspecified atom stereocenters. The lowest BCUT2D eigenvalue weighted by Crippen LogP contribution is -2.08. The lowest BCUT2D eigenvalue weighted by atomic mass is 10.4. The van der Waals surface area contributed by atoms with Crippen molar-refractivity contribution >= 4 is 23.4 Å². The molecule has 0 aliphatic carbocycles. The zero-order chi connectivity index (χ0) is 14.0. The fraction of sp³-hybridized carbons (Fsp3) is 0.250. The number of ether oxygens (including phenoxy) is 1. The molecule has 2 aromatic rings. The van der Waals surface area contributed by atoms with Crippen molar-refractivity contribution in [3.63, 3.8) is 0 Å². The number of aryl methyl sites for hydroxylation is 1. The van der Waals surface area contributed by atoms with Crippen molar-refractivity contribution in [3.05, 3.63) is 34.9 Å². The largest absolute Gasteiger partial charge is 0.464 e. The second kappa shape index (κ2) is 5.27. The number of nitrogens with zero attached hydrogens (tertiary/aromatic N) is 3. The van der Waals surface area contributed by atoms with Crippen molar-refractivity contribution in [2.45, 2.75) is 13.3 Å². The first kappa shape index (κ1) is 13.4. The van der Waals surface area contributed by atoms with Gasteiger partial charge in [0.25, 0.3) is 0 Å². The summed E-state index contributed by atoms with van der Waals surface area (Å²) in [4.78, 5) is 19.9. The molecule has 0 aromatic carbocycles. The number of carbonyl (C=O) groups is 1. The Kier molecular flexibility index (Phi) is 3.71. The predicted octanol–water partition coefficient (Wildman–Crippen LogP) is 1.85. The molecule has 0 saturated carbocycles. The van der Waals surface area contributed by atoms with Crippen molar-refractivity contribution in [3.8, 4) is 5.82 Å². The first-order chi connectivity index (χ1) is 9.08. The van der Waals surface area contributed by atoms with Gasteiger partial charge in [-0.05, 0) is 12.1 Å². The van der Waals surface area contributed by atoms with Crippen molar-refractivity contribution in [1.29, 1.82) is 0 Å². The summed E-state index contributed by atoms with van der Waals surface area (Å²) in [6.45, 7) is 1.91. The average Bonchev–Trinajstić information content (AvgIpc) is 2.76. The van der Waals surface area contributed by atoms with Crippen LogP contribution in [0.25, 0.3) is 5.82 Å². The molecule has 2 heterocycles. The molecule has 0 bridgehead atoms. The van der Waals surface area contributed by atoms with Gasteiger partial charge in [0.15, 0.2) is 5.69 Å². The molecule has 19 heavy (non-hydrogen) atoms. The number of hydrogen-bond donors (Lipinski definition) is 1. The minimum atomic E-state index is -0.570. The molecule has 0 amide bonds. The van der Waals surface area contributed by atoms with E-state index in [1.807, 2.05) is 6.92 Å². The van der Waals surface area contributed by atoms with Crippen LogP contribution in [0, 0.1) is 0 Å². The Hall–Kier alpha value is -2.08. The van der Waals surface area contributed by atoms with Gasteiger partial charge in [-0.1, -0.05) is 18.5 Å². The molecule has 0 saturated heterocycles. The molecule has 100 valence electrons. The molecule has 0 radical (unpaired) electrons. The minimum absolute atomic E-state index is 0.0936. The van der Waals surface area contributed by atoms with E-state index in [-0.39, 0.29) is 11.5 Å². The summed E-state index contributed by atoms with van der Waals surface area (Å²) in [6.07, 6.45) is 2.11. The molecular weight excluding hydrogens is 268 g/mol. The summed E-state index contributed by atoms with van der Waals surface area (Å²) in [5, 5.41) is 0.522. The van der Waals surface area contributed by atoms with Gasteiger partial charge in [-0.3, -0.25) is 4.57 Å². The third kappa shape index (κ3) is 2.39. The molecule has 0 aliphatic heterocycles. The number of rotatable bonds is 3. The number of pyridine rings is 1. The van der Waals surface area contributed by atoms with Gasteiger partial charge in [-0.15, -0.1) is 0 Å². The van der Waals surface area contributed by atoms with E-state index >= 15 is 0 Å². The Morgan fingerprint density at radius 2 is 2.26 bits per heavy atom. The van der Waals surface area contributed by atoms with E-state index in [2.05, 4.69) is 14.7 Å². The molecule has 0 atom stereocenters. The number of carbonyl (C=O) groups excluding carboxylic acids is 1. The van der Waals surface area contributed by atoms with Crippen LogP contribution >= 0.6 is 11.6 Å². The molecule has 7 heteroatoms. The number of aromatic nitrogens is 3. The zero-order valence-electron chi connectivity index (χ0n) is 10.6. The summed E-state index contributed by atoms with van der Waals surface area (Å²) >= 11 is 5.80. The Bertz CT molecular complexity index is 607. The van der Waals surface area contributed by atoms with Crippen LogP contribution in [0.5, 0.6) is 0 Å². The number of nitrogen functional groups attached to an aromatic ring is 1. The Morgan fingerprint density at radius 1 is 1.53 bits per heavy atom. The van der Waals surface area contributed by atoms with E-state index in [9.17, 15) is 4.79 Å². The Balaban J connectivity index is 2.59. The number of anilines is 1. The molecule has 2 aromatic heterocycles. The topological polar surface area (TPSA) is 83.0 Å². The highest BCUT2D eigenvalue weighted by atomic mass is 35.5. The van der Waals surface area contributed by atoms with Crippen LogP contribution in [0.3, 0.4) is 0 Å². The molecule has 6 nitrogen and oxygen atoms in total. The average molecular weight is 281 g/mol. The molecule has 2 rings (SSSR count). The predicted molar refractivity (Wildman–Crippen MR) is 71.5 cm³/mol.